The summed E-state index contributed by atoms with van der Waals surface area (Å²) in [5.74, 6) is 0. The lowest BCUT2D eigenvalue weighted by Gasteiger charge is -1.76. The SMILES string of the molecule is C.C1CCOC1.CC.CC. The third kappa shape index (κ3) is 15.7. The maximum absolute atomic E-state index is 4.94. The predicted octanol–water partition coefficient (Wildman–Crippen LogP) is 3.49. The Labute approximate surface area is 66.8 Å². The van der Waals surface area contributed by atoms with Crippen LogP contribution in [0.3, 0.4) is 0 Å². The van der Waals surface area contributed by atoms with Crippen LogP contribution in [-0.2, 0) is 4.74 Å². The summed E-state index contributed by atoms with van der Waals surface area (Å²) in [5, 5.41) is 0. The van der Waals surface area contributed by atoms with Crippen molar-refractivity contribution in [2.75, 3.05) is 13.2 Å². The lowest BCUT2D eigenvalue weighted by Crippen LogP contribution is -1.74. The molecule has 0 aromatic carbocycles. The van der Waals surface area contributed by atoms with Gasteiger partial charge in [-0.2, -0.15) is 0 Å². The fourth-order valence-electron chi connectivity index (χ4n) is 0.510. The average molecular weight is 148 g/mol. The Kier molecular flexibility index (Phi) is 38.1. The van der Waals surface area contributed by atoms with Gasteiger partial charge in [0.1, 0.15) is 0 Å². The first kappa shape index (κ1) is 16.5. The van der Waals surface area contributed by atoms with Crippen LogP contribution in [0, 0.1) is 0 Å². The molecule has 1 nitrogen and oxygen atoms in total. The molecule has 1 aliphatic rings. The molecule has 0 radical (unpaired) electrons. The topological polar surface area (TPSA) is 9.23 Å². The standard InChI is InChI=1S/C4H8O.2C2H6.CH4/c1-2-4-5-3-1;2*1-2;/h1-4H2;2*1-2H3;1H4. The van der Waals surface area contributed by atoms with Gasteiger partial charge >= 0.3 is 0 Å². The van der Waals surface area contributed by atoms with E-state index in [2.05, 4.69) is 0 Å². The van der Waals surface area contributed by atoms with Crippen molar-refractivity contribution < 1.29 is 4.74 Å². The normalized spacial score (nSPS) is 13.2. The summed E-state index contributed by atoms with van der Waals surface area (Å²) >= 11 is 0. The molecule has 1 heterocycles. The maximum atomic E-state index is 4.94. The second kappa shape index (κ2) is 23.1. The molecule has 1 rings (SSSR count). The van der Waals surface area contributed by atoms with E-state index >= 15 is 0 Å². The van der Waals surface area contributed by atoms with E-state index in [1.54, 1.807) is 0 Å². The van der Waals surface area contributed by atoms with Gasteiger partial charge < -0.3 is 4.74 Å². The molecule has 1 fully saturated rings. The minimum atomic E-state index is 0. The molecule has 0 atom stereocenters. The molecule has 0 saturated carbocycles. The maximum Gasteiger partial charge on any atom is 0.0466 e. The largest absolute Gasteiger partial charge is 0.381 e. The predicted molar refractivity (Wildman–Crippen MR) is 49.5 cm³/mol. The van der Waals surface area contributed by atoms with E-state index in [0.717, 1.165) is 13.2 Å². The molecular weight excluding hydrogens is 124 g/mol. The van der Waals surface area contributed by atoms with Gasteiger partial charge in [-0.3, -0.25) is 0 Å². The lowest BCUT2D eigenvalue weighted by molar-refractivity contribution is 0.198. The molecule has 0 N–H and O–H groups in total. The van der Waals surface area contributed by atoms with E-state index in [1.165, 1.54) is 12.8 Å². The number of ether oxygens (including phenoxy) is 1. The summed E-state index contributed by atoms with van der Waals surface area (Å²) in [7, 11) is 0. The van der Waals surface area contributed by atoms with Crippen molar-refractivity contribution in [2.45, 2.75) is 48.0 Å². The fourth-order valence-corrected chi connectivity index (χ4v) is 0.510. The molecule has 0 aromatic rings. The Morgan fingerprint density at radius 3 is 1.20 bits per heavy atom. The molecule has 66 valence electrons. The van der Waals surface area contributed by atoms with Crippen molar-refractivity contribution in [1.29, 1.82) is 0 Å². The molecule has 1 heteroatoms. The van der Waals surface area contributed by atoms with Crippen molar-refractivity contribution in [1.82, 2.24) is 0 Å². The molecule has 1 aliphatic heterocycles. The van der Waals surface area contributed by atoms with Crippen molar-refractivity contribution in [3.8, 4) is 0 Å². The fraction of sp³-hybridized carbons (Fsp3) is 1.00. The summed E-state index contributed by atoms with van der Waals surface area (Å²) in [6.07, 6.45) is 2.56. The second-order valence-electron chi connectivity index (χ2n) is 1.32. The van der Waals surface area contributed by atoms with E-state index in [1.807, 2.05) is 27.7 Å². The van der Waals surface area contributed by atoms with Gasteiger partial charge in [-0.25, -0.2) is 0 Å². The van der Waals surface area contributed by atoms with Gasteiger partial charge in [-0.05, 0) is 12.8 Å². The molecular formula is C9H24O. The molecule has 0 aromatic heterocycles. The minimum Gasteiger partial charge on any atom is -0.381 e. The second-order valence-corrected chi connectivity index (χ2v) is 1.32. The smallest absolute Gasteiger partial charge is 0.0466 e. The monoisotopic (exact) mass is 148 g/mol. The highest BCUT2D eigenvalue weighted by atomic mass is 16.5. The van der Waals surface area contributed by atoms with E-state index < -0.39 is 0 Å². The number of hydrogen-bond acceptors (Lipinski definition) is 1. The van der Waals surface area contributed by atoms with Crippen LogP contribution in [0.2, 0.25) is 0 Å². The van der Waals surface area contributed by atoms with E-state index in [9.17, 15) is 0 Å². The van der Waals surface area contributed by atoms with Crippen LogP contribution in [0.1, 0.15) is 48.0 Å². The number of rotatable bonds is 0. The van der Waals surface area contributed by atoms with Crippen LogP contribution in [0.15, 0.2) is 0 Å². The molecule has 0 bridgehead atoms. The zero-order chi connectivity index (χ0) is 7.54. The molecule has 1 saturated heterocycles. The van der Waals surface area contributed by atoms with Crippen LogP contribution in [0.4, 0.5) is 0 Å². The zero-order valence-corrected chi connectivity index (χ0v) is 7.24. The molecule has 0 amide bonds. The molecule has 0 unspecified atom stereocenters. The summed E-state index contributed by atoms with van der Waals surface area (Å²) < 4.78 is 4.94. The molecule has 0 aliphatic carbocycles. The highest BCUT2D eigenvalue weighted by Gasteiger charge is 1.94. The quantitative estimate of drug-likeness (QED) is 0.511. The number of hydrogen-bond donors (Lipinski definition) is 0. The zero-order valence-electron chi connectivity index (χ0n) is 7.24. The lowest BCUT2D eigenvalue weighted by atomic mass is 10.4. The summed E-state index contributed by atoms with van der Waals surface area (Å²) in [6, 6.07) is 0. The first-order chi connectivity index (χ1) is 4.50. The van der Waals surface area contributed by atoms with Gasteiger partial charge in [0.2, 0.25) is 0 Å². The molecule has 0 spiro atoms. The average Bonchev–Trinajstić information content (AvgIpc) is 2.51. The Bertz CT molecular complexity index is 16.3. The summed E-state index contributed by atoms with van der Waals surface area (Å²) in [4.78, 5) is 0. The van der Waals surface area contributed by atoms with Crippen LogP contribution in [0.25, 0.3) is 0 Å². The van der Waals surface area contributed by atoms with Gasteiger partial charge in [0.15, 0.2) is 0 Å². The van der Waals surface area contributed by atoms with Gasteiger partial charge in [0, 0.05) is 13.2 Å². The van der Waals surface area contributed by atoms with Crippen LogP contribution in [0.5, 0.6) is 0 Å². The van der Waals surface area contributed by atoms with E-state index in [-0.39, 0.29) is 7.43 Å². The highest BCUT2D eigenvalue weighted by molar-refractivity contribution is 4.43. The van der Waals surface area contributed by atoms with Crippen molar-refractivity contribution in [3.63, 3.8) is 0 Å². The molecule has 10 heavy (non-hydrogen) atoms. The Hall–Kier alpha value is -0.0400. The van der Waals surface area contributed by atoms with Crippen LogP contribution < -0.4 is 0 Å². The Morgan fingerprint density at radius 1 is 0.800 bits per heavy atom. The van der Waals surface area contributed by atoms with Crippen LogP contribution >= 0.6 is 0 Å². The van der Waals surface area contributed by atoms with Gasteiger partial charge in [0.25, 0.3) is 0 Å². The summed E-state index contributed by atoms with van der Waals surface area (Å²) in [6.45, 7) is 10.0. The Balaban J connectivity index is -0.0000000875. The van der Waals surface area contributed by atoms with Gasteiger partial charge in [-0.15, -0.1) is 0 Å². The third-order valence-corrected chi connectivity index (χ3v) is 0.827. The summed E-state index contributed by atoms with van der Waals surface area (Å²) in [5.41, 5.74) is 0. The van der Waals surface area contributed by atoms with Crippen molar-refractivity contribution >= 4 is 0 Å². The third-order valence-electron chi connectivity index (χ3n) is 0.827. The Morgan fingerprint density at radius 2 is 1.10 bits per heavy atom. The van der Waals surface area contributed by atoms with Gasteiger partial charge in [0.05, 0.1) is 0 Å². The van der Waals surface area contributed by atoms with Gasteiger partial charge in [-0.1, -0.05) is 35.1 Å². The van der Waals surface area contributed by atoms with E-state index in [4.69, 9.17) is 4.74 Å². The van der Waals surface area contributed by atoms with Crippen molar-refractivity contribution in [3.05, 3.63) is 0 Å². The first-order valence-electron chi connectivity index (χ1n) is 4.08. The first-order valence-corrected chi connectivity index (χ1v) is 4.08. The van der Waals surface area contributed by atoms with E-state index in [0.29, 0.717) is 0 Å². The van der Waals surface area contributed by atoms with Crippen molar-refractivity contribution in [2.24, 2.45) is 0 Å². The minimum absolute atomic E-state index is 0. The van der Waals surface area contributed by atoms with Crippen LogP contribution in [-0.4, -0.2) is 13.2 Å². The highest BCUT2D eigenvalue weighted by Crippen LogP contribution is 1.98.